The predicted octanol–water partition coefficient (Wildman–Crippen LogP) is 3.84. The van der Waals surface area contributed by atoms with E-state index in [-0.39, 0.29) is 28.9 Å². The molecular weight excluding hydrogens is 373 g/mol. The molecular formula is C19H17F3N4O2. The second-order valence-electron chi connectivity index (χ2n) is 7.18. The number of amides is 1. The standard InChI is InChI=1S/C19H17F3N4O2/c1-9-13(17(27)23-7-10-5-11(20)15(22)12(21)6-10)14-16(26-19(2)3-4-19)24-8-25-18(14)28-9/h5-6,8H,3-4,7H2,1-2H3,(H,23,27)(H,24,25,26). The van der Waals surface area contributed by atoms with Gasteiger partial charge in [-0.2, -0.15) is 0 Å². The number of anilines is 1. The van der Waals surface area contributed by atoms with Gasteiger partial charge in [0.05, 0.1) is 10.9 Å². The van der Waals surface area contributed by atoms with Gasteiger partial charge in [0.25, 0.3) is 5.91 Å². The van der Waals surface area contributed by atoms with Crippen molar-refractivity contribution in [1.29, 1.82) is 0 Å². The first-order valence-corrected chi connectivity index (χ1v) is 8.71. The summed E-state index contributed by atoms with van der Waals surface area (Å²) < 4.78 is 45.4. The van der Waals surface area contributed by atoms with Crippen molar-refractivity contribution in [2.24, 2.45) is 0 Å². The summed E-state index contributed by atoms with van der Waals surface area (Å²) in [5, 5.41) is 6.33. The van der Waals surface area contributed by atoms with Gasteiger partial charge in [-0.1, -0.05) is 0 Å². The van der Waals surface area contributed by atoms with Crippen LogP contribution in [0.3, 0.4) is 0 Å². The van der Waals surface area contributed by atoms with Crippen LogP contribution in [0.25, 0.3) is 11.1 Å². The fourth-order valence-corrected chi connectivity index (χ4v) is 2.99. The number of benzene rings is 1. The van der Waals surface area contributed by atoms with E-state index in [2.05, 4.69) is 20.6 Å². The van der Waals surface area contributed by atoms with E-state index in [4.69, 9.17) is 4.42 Å². The Bertz CT molecular complexity index is 1070. The summed E-state index contributed by atoms with van der Waals surface area (Å²) in [6.07, 6.45) is 3.32. The third-order valence-corrected chi connectivity index (χ3v) is 4.81. The maximum atomic E-state index is 13.4. The Morgan fingerprint density at radius 1 is 1.21 bits per heavy atom. The zero-order chi connectivity index (χ0) is 20.1. The molecule has 1 aliphatic carbocycles. The number of hydrogen-bond donors (Lipinski definition) is 2. The van der Waals surface area contributed by atoms with Crippen molar-refractivity contribution >= 4 is 22.8 Å². The average Bonchev–Trinajstić information content (AvgIpc) is 3.25. The number of halogens is 3. The number of nitrogens with zero attached hydrogens (tertiary/aromatic N) is 2. The highest BCUT2D eigenvalue weighted by molar-refractivity contribution is 6.10. The molecule has 1 aromatic carbocycles. The molecule has 0 saturated heterocycles. The van der Waals surface area contributed by atoms with Crippen LogP contribution in [0.15, 0.2) is 22.9 Å². The predicted molar refractivity (Wildman–Crippen MR) is 95.3 cm³/mol. The smallest absolute Gasteiger partial charge is 0.255 e. The van der Waals surface area contributed by atoms with Gasteiger partial charge in [0.15, 0.2) is 17.5 Å². The fraction of sp³-hybridized carbons (Fsp3) is 0.316. The molecule has 0 bridgehead atoms. The highest BCUT2D eigenvalue weighted by Gasteiger charge is 2.38. The Morgan fingerprint density at radius 3 is 2.54 bits per heavy atom. The van der Waals surface area contributed by atoms with Gasteiger partial charge >= 0.3 is 0 Å². The number of carbonyl (C=O) groups excluding carboxylic acids is 1. The van der Waals surface area contributed by atoms with E-state index < -0.39 is 23.4 Å². The highest BCUT2D eigenvalue weighted by Crippen LogP contribution is 2.40. The van der Waals surface area contributed by atoms with Crippen LogP contribution >= 0.6 is 0 Å². The Balaban J connectivity index is 1.63. The number of fused-ring (bicyclic) bond motifs is 1. The van der Waals surface area contributed by atoms with Crippen LogP contribution in [0.1, 0.15) is 41.4 Å². The Kier molecular flexibility index (Phi) is 4.24. The maximum Gasteiger partial charge on any atom is 0.255 e. The third kappa shape index (κ3) is 3.28. The van der Waals surface area contributed by atoms with Crippen molar-refractivity contribution in [3.8, 4) is 0 Å². The van der Waals surface area contributed by atoms with E-state index >= 15 is 0 Å². The lowest BCUT2D eigenvalue weighted by atomic mass is 10.1. The molecule has 1 saturated carbocycles. The van der Waals surface area contributed by atoms with Crippen molar-refractivity contribution in [2.75, 3.05) is 5.32 Å². The minimum atomic E-state index is -1.55. The quantitative estimate of drug-likeness (QED) is 0.647. The van der Waals surface area contributed by atoms with Crippen LogP contribution in [0.2, 0.25) is 0 Å². The first kappa shape index (κ1) is 18.3. The Morgan fingerprint density at radius 2 is 1.89 bits per heavy atom. The minimum absolute atomic E-state index is 0.0800. The molecule has 6 nitrogen and oxygen atoms in total. The van der Waals surface area contributed by atoms with Gasteiger partial charge in [0.1, 0.15) is 17.9 Å². The Labute approximate surface area is 158 Å². The lowest BCUT2D eigenvalue weighted by molar-refractivity contribution is 0.0950. The van der Waals surface area contributed by atoms with Crippen LogP contribution in [-0.2, 0) is 6.54 Å². The molecule has 9 heteroatoms. The first-order chi connectivity index (χ1) is 13.3. The summed E-state index contributed by atoms with van der Waals surface area (Å²) in [5.41, 5.74) is 0.521. The summed E-state index contributed by atoms with van der Waals surface area (Å²) in [6, 6.07) is 1.67. The van der Waals surface area contributed by atoms with E-state index in [0.29, 0.717) is 17.0 Å². The molecule has 0 spiro atoms. The average molecular weight is 390 g/mol. The monoisotopic (exact) mass is 390 g/mol. The fourth-order valence-electron chi connectivity index (χ4n) is 2.99. The van der Waals surface area contributed by atoms with Crippen molar-refractivity contribution in [3.05, 3.63) is 52.8 Å². The van der Waals surface area contributed by atoms with Crippen molar-refractivity contribution in [3.63, 3.8) is 0 Å². The van der Waals surface area contributed by atoms with Gasteiger partial charge in [-0.15, -0.1) is 0 Å². The van der Waals surface area contributed by atoms with Gasteiger partial charge in [-0.05, 0) is 44.4 Å². The molecule has 1 amide bonds. The van der Waals surface area contributed by atoms with E-state index in [0.717, 1.165) is 25.0 Å². The van der Waals surface area contributed by atoms with Crippen LogP contribution < -0.4 is 10.6 Å². The molecule has 3 aromatic rings. The molecule has 0 atom stereocenters. The summed E-state index contributed by atoms with van der Waals surface area (Å²) >= 11 is 0. The van der Waals surface area contributed by atoms with Gasteiger partial charge < -0.3 is 15.1 Å². The molecule has 2 aromatic heterocycles. The van der Waals surface area contributed by atoms with Crippen molar-refractivity contribution < 1.29 is 22.4 Å². The molecule has 2 N–H and O–H groups in total. The van der Waals surface area contributed by atoms with E-state index in [9.17, 15) is 18.0 Å². The molecule has 28 heavy (non-hydrogen) atoms. The summed E-state index contributed by atoms with van der Waals surface area (Å²) in [5.74, 6) is -3.86. The lowest BCUT2D eigenvalue weighted by Gasteiger charge is -2.13. The second-order valence-corrected chi connectivity index (χ2v) is 7.18. The molecule has 0 unspecified atom stereocenters. The topological polar surface area (TPSA) is 80.1 Å². The Hall–Kier alpha value is -3.10. The van der Waals surface area contributed by atoms with Gasteiger partial charge in [0, 0.05) is 12.1 Å². The zero-order valence-electron chi connectivity index (χ0n) is 15.2. The van der Waals surface area contributed by atoms with E-state index in [1.165, 1.54) is 6.33 Å². The largest absolute Gasteiger partial charge is 0.442 e. The number of carbonyl (C=O) groups is 1. The number of furan rings is 1. The highest BCUT2D eigenvalue weighted by atomic mass is 19.2. The molecule has 1 fully saturated rings. The van der Waals surface area contributed by atoms with E-state index in [1.54, 1.807) is 6.92 Å². The van der Waals surface area contributed by atoms with Crippen LogP contribution in [0.4, 0.5) is 19.0 Å². The van der Waals surface area contributed by atoms with Gasteiger partial charge in [0.2, 0.25) is 5.71 Å². The van der Waals surface area contributed by atoms with Crippen LogP contribution in [0.5, 0.6) is 0 Å². The van der Waals surface area contributed by atoms with Crippen LogP contribution in [-0.4, -0.2) is 21.4 Å². The molecule has 0 radical (unpaired) electrons. The first-order valence-electron chi connectivity index (χ1n) is 8.71. The number of nitrogens with one attached hydrogen (secondary N) is 2. The maximum absolute atomic E-state index is 13.4. The van der Waals surface area contributed by atoms with E-state index in [1.807, 2.05) is 6.92 Å². The normalized spacial score (nSPS) is 14.9. The molecule has 4 rings (SSSR count). The van der Waals surface area contributed by atoms with Crippen molar-refractivity contribution in [2.45, 2.75) is 38.8 Å². The number of rotatable bonds is 5. The lowest BCUT2D eigenvalue weighted by Crippen LogP contribution is -2.24. The third-order valence-electron chi connectivity index (χ3n) is 4.81. The van der Waals surface area contributed by atoms with Crippen LogP contribution in [0, 0.1) is 24.4 Å². The number of hydrogen-bond acceptors (Lipinski definition) is 5. The minimum Gasteiger partial charge on any atom is -0.442 e. The summed E-state index contributed by atoms with van der Waals surface area (Å²) in [6.45, 7) is 3.48. The zero-order valence-corrected chi connectivity index (χ0v) is 15.2. The number of aromatic nitrogens is 2. The molecule has 146 valence electrons. The number of aryl methyl sites for hydroxylation is 1. The van der Waals surface area contributed by atoms with Gasteiger partial charge in [-0.3, -0.25) is 4.79 Å². The SMILES string of the molecule is Cc1oc2ncnc(NC3(C)CC3)c2c1C(=O)NCc1cc(F)c(F)c(F)c1. The van der Waals surface area contributed by atoms with Crippen molar-refractivity contribution in [1.82, 2.24) is 15.3 Å². The molecule has 2 heterocycles. The molecule has 1 aliphatic rings. The second kappa shape index (κ2) is 6.50. The summed E-state index contributed by atoms with van der Waals surface area (Å²) in [4.78, 5) is 21.1. The van der Waals surface area contributed by atoms with Gasteiger partial charge in [-0.25, -0.2) is 23.1 Å². The summed E-state index contributed by atoms with van der Waals surface area (Å²) in [7, 11) is 0. The molecule has 0 aliphatic heterocycles.